The highest BCUT2D eigenvalue weighted by Crippen LogP contribution is 2.32. The van der Waals surface area contributed by atoms with E-state index >= 15 is 0 Å². The first-order chi connectivity index (χ1) is 9.29. The number of halogens is 1. The van der Waals surface area contributed by atoms with Crippen LogP contribution < -0.4 is 4.72 Å². The molecule has 0 aliphatic heterocycles. The van der Waals surface area contributed by atoms with Crippen LogP contribution in [0.5, 0.6) is 0 Å². The standard InChI is InChI=1S/C15H22BrNOS2/c1-6-7-13(17-20(18)15(2,3)4)12-9-8-11(16)10-14(12)19-5/h6,8-10,13,17H,1,7H2,2-5H3. The molecule has 112 valence electrons. The third-order valence-corrected chi connectivity index (χ3v) is 5.68. The summed E-state index contributed by atoms with van der Waals surface area (Å²) in [6, 6.07) is 6.21. The highest BCUT2D eigenvalue weighted by molar-refractivity contribution is 9.10. The van der Waals surface area contributed by atoms with Crippen molar-refractivity contribution in [2.45, 2.75) is 42.9 Å². The van der Waals surface area contributed by atoms with Crippen molar-refractivity contribution in [2.75, 3.05) is 6.26 Å². The number of hydrogen-bond acceptors (Lipinski definition) is 3. The van der Waals surface area contributed by atoms with E-state index in [2.05, 4.69) is 45.6 Å². The smallest absolute Gasteiger partial charge is 0.136 e. The molecule has 0 fully saturated rings. The van der Waals surface area contributed by atoms with Gasteiger partial charge >= 0.3 is 0 Å². The lowest BCUT2D eigenvalue weighted by Crippen LogP contribution is -2.41. The average Bonchev–Trinajstić information content (AvgIpc) is 2.36. The molecule has 0 saturated carbocycles. The maximum absolute atomic E-state index is 12.3. The molecular formula is C15H22BrNOS2. The topological polar surface area (TPSA) is 35.1 Å². The Morgan fingerprint density at radius 2 is 2.15 bits per heavy atom. The molecule has 0 amide bonds. The lowest BCUT2D eigenvalue weighted by atomic mass is 10.1. The number of thioether (sulfide) groups is 1. The van der Waals surface area contributed by atoms with Gasteiger partial charge in [0.25, 0.3) is 0 Å². The molecule has 2 nitrogen and oxygen atoms in total. The van der Waals surface area contributed by atoms with Gasteiger partial charge in [-0.3, -0.25) is 0 Å². The van der Waals surface area contributed by atoms with E-state index in [0.717, 1.165) is 10.9 Å². The molecule has 0 radical (unpaired) electrons. The summed E-state index contributed by atoms with van der Waals surface area (Å²) in [6.07, 6.45) is 4.66. The average molecular weight is 376 g/mol. The minimum absolute atomic E-state index is 0.0168. The van der Waals surface area contributed by atoms with Gasteiger partial charge in [0.15, 0.2) is 0 Å². The minimum atomic E-state index is -1.10. The Kier molecular flexibility index (Phi) is 7.15. The molecule has 0 aromatic heterocycles. The number of rotatable bonds is 6. The van der Waals surface area contributed by atoms with Crippen LogP contribution in [0.25, 0.3) is 0 Å². The molecule has 0 aliphatic rings. The van der Waals surface area contributed by atoms with Crippen molar-refractivity contribution in [1.29, 1.82) is 0 Å². The minimum Gasteiger partial charge on any atom is -0.598 e. The zero-order valence-corrected chi connectivity index (χ0v) is 15.6. The van der Waals surface area contributed by atoms with Gasteiger partial charge in [-0.1, -0.05) is 28.1 Å². The molecule has 2 atom stereocenters. The van der Waals surface area contributed by atoms with Gasteiger partial charge in [-0.15, -0.1) is 23.1 Å². The van der Waals surface area contributed by atoms with Crippen LogP contribution in [-0.4, -0.2) is 15.6 Å². The second-order valence-corrected chi connectivity index (χ2v) is 9.22. The summed E-state index contributed by atoms with van der Waals surface area (Å²) in [6.45, 7) is 9.72. The molecule has 5 heteroatoms. The van der Waals surface area contributed by atoms with Gasteiger partial charge in [0.2, 0.25) is 0 Å². The predicted molar refractivity (Wildman–Crippen MR) is 94.5 cm³/mol. The molecule has 0 spiro atoms. The van der Waals surface area contributed by atoms with Crippen molar-refractivity contribution in [3.05, 3.63) is 40.9 Å². The lowest BCUT2D eigenvalue weighted by molar-refractivity contribution is 0.522. The number of hydrogen-bond donors (Lipinski definition) is 1. The van der Waals surface area contributed by atoms with Crippen LogP contribution in [0, 0.1) is 0 Å². The van der Waals surface area contributed by atoms with Crippen molar-refractivity contribution in [3.63, 3.8) is 0 Å². The summed E-state index contributed by atoms with van der Waals surface area (Å²) < 4.78 is 16.4. The van der Waals surface area contributed by atoms with E-state index in [0.29, 0.717) is 0 Å². The summed E-state index contributed by atoms with van der Waals surface area (Å²) in [5.74, 6) is 0. The molecule has 20 heavy (non-hydrogen) atoms. The number of nitrogens with one attached hydrogen (secondary N) is 1. The van der Waals surface area contributed by atoms with E-state index < -0.39 is 11.4 Å². The van der Waals surface area contributed by atoms with Crippen LogP contribution in [0.4, 0.5) is 0 Å². The Balaban J connectivity index is 3.05. The Bertz CT molecular complexity index is 460. The maximum atomic E-state index is 12.3. The van der Waals surface area contributed by atoms with Crippen LogP contribution in [0.2, 0.25) is 0 Å². The largest absolute Gasteiger partial charge is 0.598 e. The van der Waals surface area contributed by atoms with Gasteiger partial charge in [0, 0.05) is 20.7 Å². The third-order valence-electron chi connectivity index (χ3n) is 2.78. The normalized spacial score (nSPS) is 14.9. The Labute approximate surface area is 138 Å². The Hall–Kier alpha value is 0.0600. The van der Waals surface area contributed by atoms with Gasteiger partial charge in [0.1, 0.15) is 4.75 Å². The molecule has 1 N–H and O–H groups in total. The quantitative estimate of drug-likeness (QED) is 0.438. The molecule has 2 unspecified atom stereocenters. The molecule has 1 aromatic carbocycles. The van der Waals surface area contributed by atoms with Gasteiger partial charge < -0.3 is 4.55 Å². The Morgan fingerprint density at radius 1 is 1.50 bits per heavy atom. The second-order valence-electron chi connectivity index (χ2n) is 5.46. The molecule has 1 rings (SSSR count). The van der Waals surface area contributed by atoms with E-state index in [1.807, 2.05) is 32.9 Å². The highest BCUT2D eigenvalue weighted by atomic mass is 79.9. The molecule has 0 bridgehead atoms. The van der Waals surface area contributed by atoms with Crippen LogP contribution in [0.3, 0.4) is 0 Å². The van der Waals surface area contributed by atoms with Crippen LogP contribution in [-0.2, 0) is 11.4 Å². The van der Waals surface area contributed by atoms with Gasteiger partial charge in [0.05, 0.1) is 6.04 Å². The van der Waals surface area contributed by atoms with Crippen LogP contribution in [0.1, 0.15) is 38.8 Å². The first-order valence-corrected chi connectivity index (χ1v) is 9.58. The monoisotopic (exact) mass is 375 g/mol. The first kappa shape index (κ1) is 18.1. The summed E-state index contributed by atoms with van der Waals surface area (Å²) in [4.78, 5) is 1.18. The van der Waals surface area contributed by atoms with Crippen molar-refractivity contribution in [3.8, 4) is 0 Å². The van der Waals surface area contributed by atoms with Crippen molar-refractivity contribution < 1.29 is 4.55 Å². The fraction of sp³-hybridized carbons (Fsp3) is 0.467. The van der Waals surface area contributed by atoms with E-state index in [4.69, 9.17) is 0 Å². The number of benzene rings is 1. The third kappa shape index (κ3) is 5.11. The van der Waals surface area contributed by atoms with Gasteiger partial charge in [-0.25, -0.2) is 0 Å². The maximum Gasteiger partial charge on any atom is 0.136 e. The summed E-state index contributed by atoms with van der Waals surface area (Å²) in [5, 5.41) is 0. The Morgan fingerprint density at radius 3 is 2.65 bits per heavy atom. The zero-order chi connectivity index (χ0) is 15.3. The van der Waals surface area contributed by atoms with E-state index in [1.54, 1.807) is 11.8 Å². The van der Waals surface area contributed by atoms with Crippen LogP contribution >= 0.6 is 27.7 Å². The lowest BCUT2D eigenvalue weighted by Gasteiger charge is -2.28. The fourth-order valence-electron chi connectivity index (χ4n) is 1.68. The SMILES string of the molecule is C=CCC(N[S+]([O-])C(C)(C)C)c1ccc(Br)cc1SC. The molecule has 0 saturated heterocycles. The van der Waals surface area contributed by atoms with E-state index in [9.17, 15) is 4.55 Å². The van der Waals surface area contributed by atoms with E-state index in [-0.39, 0.29) is 10.8 Å². The fourth-order valence-corrected chi connectivity index (χ4v) is 3.72. The predicted octanol–water partition coefficient (Wildman–Crippen LogP) is 4.84. The molecule has 0 aliphatic carbocycles. The summed E-state index contributed by atoms with van der Waals surface area (Å²) in [5.41, 5.74) is 1.17. The van der Waals surface area contributed by atoms with Crippen LogP contribution in [0.15, 0.2) is 40.2 Å². The van der Waals surface area contributed by atoms with Crippen molar-refractivity contribution in [2.24, 2.45) is 0 Å². The van der Waals surface area contributed by atoms with Gasteiger partial charge in [-0.2, -0.15) is 0 Å². The highest BCUT2D eigenvalue weighted by Gasteiger charge is 2.30. The zero-order valence-electron chi connectivity index (χ0n) is 12.4. The van der Waals surface area contributed by atoms with Crippen molar-refractivity contribution in [1.82, 2.24) is 4.72 Å². The first-order valence-electron chi connectivity index (χ1n) is 6.42. The summed E-state index contributed by atoms with van der Waals surface area (Å²) >= 11 is 4.09. The van der Waals surface area contributed by atoms with E-state index in [1.165, 1.54) is 10.5 Å². The summed E-state index contributed by atoms with van der Waals surface area (Å²) in [7, 11) is 0. The molecular weight excluding hydrogens is 354 g/mol. The van der Waals surface area contributed by atoms with Crippen molar-refractivity contribution >= 4 is 39.1 Å². The van der Waals surface area contributed by atoms with Gasteiger partial charge in [-0.05, 0) is 51.1 Å². The molecule has 1 aromatic rings. The molecule has 0 heterocycles. The second kappa shape index (κ2) is 7.90.